The van der Waals surface area contributed by atoms with E-state index in [1.54, 1.807) is 24.9 Å². The molecule has 1 aliphatic heterocycles. The van der Waals surface area contributed by atoms with Crippen molar-refractivity contribution in [2.75, 3.05) is 13.2 Å². The summed E-state index contributed by atoms with van der Waals surface area (Å²) in [7, 11) is 0. The third kappa shape index (κ3) is 5.96. The SMILES string of the molecule is CCOC(=O)/C=C(\C(=O)OCC)N1C=Cc2ccccc2C1C#Cc1ccc(C(C)(C)C)cc1. The number of nitrogens with zero attached hydrogens (tertiary/aromatic N) is 1. The molecule has 0 aliphatic carbocycles. The van der Waals surface area contributed by atoms with E-state index in [0.29, 0.717) is 0 Å². The van der Waals surface area contributed by atoms with Gasteiger partial charge in [-0.2, -0.15) is 0 Å². The van der Waals surface area contributed by atoms with Crippen molar-refractivity contribution in [2.24, 2.45) is 0 Å². The molecule has 0 N–H and O–H groups in total. The van der Waals surface area contributed by atoms with Gasteiger partial charge >= 0.3 is 11.9 Å². The van der Waals surface area contributed by atoms with Crippen LogP contribution in [-0.2, 0) is 24.5 Å². The van der Waals surface area contributed by atoms with Crippen LogP contribution in [0.1, 0.15) is 62.9 Å². The fourth-order valence-corrected chi connectivity index (χ4v) is 3.62. The fraction of sp³-hybridized carbons (Fsp3) is 0.310. The van der Waals surface area contributed by atoms with E-state index in [1.165, 1.54) is 11.6 Å². The van der Waals surface area contributed by atoms with Crippen LogP contribution in [0.3, 0.4) is 0 Å². The number of rotatable bonds is 5. The minimum absolute atomic E-state index is 0.0578. The summed E-state index contributed by atoms with van der Waals surface area (Å²) >= 11 is 0. The van der Waals surface area contributed by atoms with Crippen molar-refractivity contribution in [3.05, 3.63) is 88.8 Å². The Balaban J connectivity index is 2.05. The van der Waals surface area contributed by atoms with Crippen molar-refractivity contribution in [1.82, 2.24) is 4.90 Å². The Hall–Kier alpha value is -3.78. The molecule has 1 atom stereocenters. The molecular weight excluding hydrogens is 426 g/mol. The minimum Gasteiger partial charge on any atom is -0.463 e. The summed E-state index contributed by atoms with van der Waals surface area (Å²) in [5, 5.41) is 0. The topological polar surface area (TPSA) is 55.8 Å². The van der Waals surface area contributed by atoms with Crippen LogP contribution in [-0.4, -0.2) is 30.1 Å². The largest absolute Gasteiger partial charge is 0.463 e. The summed E-state index contributed by atoms with van der Waals surface area (Å²) in [6.07, 6.45) is 4.82. The summed E-state index contributed by atoms with van der Waals surface area (Å²) in [5.74, 6) is 5.34. The van der Waals surface area contributed by atoms with E-state index >= 15 is 0 Å². The van der Waals surface area contributed by atoms with Crippen LogP contribution < -0.4 is 0 Å². The molecule has 2 aromatic carbocycles. The third-order valence-corrected chi connectivity index (χ3v) is 5.39. The highest BCUT2D eigenvalue weighted by molar-refractivity contribution is 5.96. The van der Waals surface area contributed by atoms with Gasteiger partial charge in [-0.15, -0.1) is 0 Å². The highest BCUT2D eigenvalue weighted by atomic mass is 16.5. The van der Waals surface area contributed by atoms with Crippen LogP contribution in [0.4, 0.5) is 0 Å². The molecule has 0 saturated heterocycles. The monoisotopic (exact) mass is 457 g/mol. The average Bonchev–Trinajstić information content (AvgIpc) is 2.81. The number of carbonyl (C=O) groups excluding carboxylic acids is 2. The lowest BCUT2D eigenvalue weighted by atomic mass is 9.87. The molecule has 0 radical (unpaired) electrons. The van der Waals surface area contributed by atoms with Crippen molar-refractivity contribution < 1.29 is 19.1 Å². The van der Waals surface area contributed by atoms with Crippen molar-refractivity contribution in [3.8, 4) is 11.8 Å². The number of benzene rings is 2. The quantitative estimate of drug-likeness (QED) is 0.343. The van der Waals surface area contributed by atoms with Crippen molar-refractivity contribution in [1.29, 1.82) is 0 Å². The second kappa shape index (κ2) is 10.9. The van der Waals surface area contributed by atoms with Gasteiger partial charge in [0.05, 0.1) is 19.3 Å². The van der Waals surface area contributed by atoms with Crippen LogP contribution in [0, 0.1) is 11.8 Å². The highest BCUT2D eigenvalue weighted by Gasteiger charge is 2.29. The Kier molecular flexibility index (Phi) is 7.96. The van der Waals surface area contributed by atoms with Crippen molar-refractivity contribution >= 4 is 18.0 Å². The Labute approximate surface area is 202 Å². The summed E-state index contributed by atoms with van der Waals surface area (Å²) in [6.45, 7) is 10.3. The van der Waals surface area contributed by atoms with Gasteiger partial charge in [-0.3, -0.25) is 0 Å². The van der Waals surface area contributed by atoms with Crippen LogP contribution in [0.15, 0.2) is 66.5 Å². The van der Waals surface area contributed by atoms with Crippen LogP contribution in [0.2, 0.25) is 0 Å². The zero-order chi connectivity index (χ0) is 24.7. The normalized spacial score (nSPS) is 15.1. The van der Waals surface area contributed by atoms with Gasteiger partial charge in [-0.1, -0.05) is 69.0 Å². The molecule has 2 aromatic rings. The number of esters is 2. The highest BCUT2D eigenvalue weighted by Crippen LogP contribution is 2.33. The maximum Gasteiger partial charge on any atom is 0.355 e. The fourth-order valence-electron chi connectivity index (χ4n) is 3.62. The zero-order valence-corrected chi connectivity index (χ0v) is 20.4. The lowest BCUT2D eigenvalue weighted by Crippen LogP contribution is -2.31. The lowest BCUT2D eigenvalue weighted by molar-refractivity contribution is -0.142. The second-order valence-electron chi connectivity index (χ2n) is 8.85. The van der Waals surface area contributed by atoms with Crippen molar-refractivity contribution in [3.63, 3.8) is 0 Å². The lowest BCUT2D eigenvalue weighted by Gasteiger charge is -2.32. The molecule has 1 aliphatic rings. The molecule has 5 nitrogen and oxygen atoms in total. The van der Waals surface area contributed by atoms with E-state index in [1.807, 2.05) is 42.5 Å². The van der Waals surface area contributed by atoms with Gasteiger partial charge in [-0.05, 0) is 54.2 Å². The second-order valence-corrected chi connectivity index (χ2v) is 8.85. The van der Waals surface area contributed by atoms with E-state index in [2.05, 4.69) is 44.7 Å². The molecule has 0 saturated carbocycles. The van der Waals surface area contributed by atoms with Crippen molar-refractivity contribution in [2.45, 2.75) is 46.1 Å². The van der Waals surface area contributed by atoms with Gasteiger partial charge in [0.1, 0.15) is 11.7 Å². The first kappa shape index (κ1) is 24.9. The summed E-state index contributed by atoms with van der Waals surface area (Å²) < 4.78 is 10.3. The van der Waals surface area contributed by atoms with Crippen LogP contribution >= 0.6 is 0 Å². The number of fused-ring (bicyclic) bond motifs is 1. The predicted molar refractivity (Wildman–Crippen MR) is 133 cm³/mol. The summed E-state index contributed by atoms with van der Waals surface area (Å²) in [6, 6.07) is 15.5. The number of hydrogen-bond donors (Lipinski definition) is 0. The number of ether oxygens (including phenoxy) is 2. The molecule has 0 amide bonds. The molecular formula is C29H31NO4. The Bertz CT molecular complexity index is 1160. The van der Waals surface area contributed by atoms with Gasteiger partial charge in [0.2, 0.25) is 0 Å². The molecule has 1 heterocycles. The van der Waals surface area contributed by atoms with Gasteiger partial charge in [0.25, 0.3) is 0 Å². The van der Waals surface area contributed by atoms with Gasteiger partial charge in [-0.25, -0.2) is 9.59 Å². The maximum atomic E-state index is 12.8. The molecule has 1 unspecified atom stereocenters. The minimum atomic E-state index is -0.610. The van der Waals surface area contributed by atoms with Gasteiger partial charge in [0.15, 0.2) is 0 Å². The smallest absolute Gasteiger partial charge is 0.355 e. The number of carbonyl (C=O) groups is 2. The van der Waals surface area contributed by atoms with Gasteiger partial charge in [0, 0.05) is 11.8 Å². The van der Waals surface area contributed by atoms with Crippen LogP contribution in [0.5, 0.6) is 0 Å². The molecule has 0 bridgehead atoms. The Morgan fingerprint density at radius 1 is 1.00 bits per heavy atom. The summed E-state index contributed by atoms with van der Waals surface area (Å²) in [4.78, 5) is 26.8. The average molecular weight is 458 g/mol. The molecule has 0 aromatic heterocycles. The molecule has 3 rings (SSSR count). The summed E-state index contributed by atoms with van der Waals surface area (Å²) in [5.41, 5.74) is 4.17. The standard InChI is InChI=1S/C29H31NO4/c1-6-33-27(31)20-26(28(32)34-7-2)30-19-18-22-10-8-9-11-24(22)25(30)17-14-21-12-15-23(16-13-21)29(3,4)5/h8-13,15-16,18-20,25H,6-7H2,1-5H3/b26-20+. The number of hydrogen-bond acceptors (Lipinski definition) is 5. The third-order valence-electron chi connectivity index (χ3n) is 5.39. The first-order valence-electron chi connectivity index (χ1n) is 11.5. The first-order valence-corrected chi connectivity index (χ1v) is 11.5. The molecule has 34 heavy (non-hydrogen) atoms. The molecule has 5 heteroatoms. The van der Waals surface area contributed by atoms with E-state index in [4.69, 9.17) is 9.47 Å². The Morgan fingerprint density at radius 2 is 1.68 bits per heavy atom. The van der Waals surface area contributed by atoms with E-state index in [0.717, 1.165) is 16.7 Å². The van der Waals surface area contributed by atoms with Gasteiger partial charge < -0.3 is 14.4 Å². The van der Waals surface area contributed by atoms with E-state index < -0.39 is 18.0 Å². The Morgan fingerprint density at radius 3 is 2.32 bits per heavy atom. The molecule has 0 fully saturated rings. The molecule has 0 spiro atoms. The predicted octanol–water partition coefficient (Wildman–Crippen LogP) is 5.37. The first-order chi connectivity index (χ1) is 16.2. The molecule has 176 valence electrons. The van der Waals surface area contributed by atoms with E-state index in [9.17, 15) is 9.59 Å². The maximum absolute atomic E-state index is 12.8. The van der Waals surface area contributed by atoms with Crippen LogP contribution in [0.25, 0.3) is 6.08 Å². The zero-order valence-electron chi connectivity index (χ0n) is 20.4. The van der Waals surface area contributed by atoms with E-state index in [-0.39, 0.29) is 24.3 Å².